The Morgan fingerprint density at radius 2 is 1.85 bits per heavy atom. The van der Waals surface area contributed by atoms with Crippen molar-refractivity contribution in [3.05, 3.63) is 48.5 Å². The van der Waals surface area contributed by atoms with Crippen LogP contribution in [0.4, 0.5) is 0 Å². The molecule has 3 heteroatoms. The second-order valence-electron chi connectivity index (χ2n) is 2.40. The molecule has 2 radical (unpaired) electrons. The molecule has 0 saturated carbocycles. The van der Waals surface area contributed by atoms with Crippen LogP contribution in [0.15, 0.2) is 48.5 Å². The van der Waals surface area contributed by atoms with Crippen molar-refractivity contribution in [3.63, 3.8) is 0 Å². The van der Waals surface area contributed by atoms with Crippen molar-refractivity contribution >= 4 is 27.9 Å². The quantitative estimate of drug-likeness (QED) is 0.359. The molecule has 0 aliphatic rings. The molecule has 66 valence electrons. The maximum atomic E-state index is 5.42. The van der Waals surface area contributed by atoms with E-state index < -0.39 is 0 Å². The smallest absolute Gasteiger partial charge is 0.214 e. The second kappa shape index (κ2) is 7.15. The Morgan fingerprint density at radius 1 is 1.23 bits per heavy atom. The molecule has 13 heavy (non-hydrogen) atoms. The fraction of sp³-hybridized carbons (Fsp3) is 0. The minimum atomic E-state index is 0. The molecular formula is C10H10BFeP. The van der Waals surface area contributed by atoms with Crippen molar-refractivity contribution in [3.8, 4) is 0 Å². The monoisotopic (exact) mass is 228 g/mol. The summed E-state index contributed by atoms with van der Waals surface area (Å²) in [5.41, 5.74) is 0.852. The van der Waals surface area contributed by atoms with E-state index >= 15 is 0 Å². The van der Waals surface area contributed by atoms with E-state index in [0.717, 1.165) is 10.8 Å². The first-order valence-corrected chi connectivity index (χ1v) is 4.32. The topological polar surface area (TPSA) is 0 Å². The van der Waals surface area contributed by atoms with Crippen molar-refractivity contribution in [2.24, 2.45) is 0 Å². The number of hydrogen-bond donors (Lipinski definition) is 0. The Kier molecular flexibility index (Phi) is 6.99. The zero-order valence-corrected chi connectivity index (χ0v) is 9.39. The van der Waals surface area contributed by atoms with Gasteiger partial charge in [-0.05, 0) is 0 Å². The minimum absolute atomic E-state index is 0. The van der Waals surface area contributed by atoms with Crippen LogP contribution >= 0.6 is 9.24 Å². The summed E-state index contributed by atoms with van der Waals surface area (Å²) in [6.45, 7) is 0. The van der Waals surface area contributed by atoms with Crippen molar-refractivity contribution in [1.29, 1.82) is 0 Å². The van der Waals surface area contributed by atoms with Crippen molar-refractivity contribution in [2.75, 3.05) is 0 Å². The van der Waals surface area contributed by atoms with Gasteiger partial charge in [-0.1, -0.05) is 0 Å². The van der Waals surface area contributed by atoms with Crippen LogP contribution in [0.25, 0.3) is 0 Å². The molecule has 0 nitrogen and oxygen atoms in total. The van der Waals surface area contributed by atoms with Crippen LogP contribution in [0.5, 0.6) is 0 Å². The molecule has 0 aliphatic carbocycles. The predicted octanol–water partition coefficient (Wildman–Crippen LogP) is 1.10. The van der Waals surface area contributed by atoms with Gasteiger partial charge < -0.3 is 0 Å². The van der Waals surface area contributed by atoms with Crippen LogP contribution in [0.3, 0.4) is 0 Å². The molecule has 0 fully saturated rings. The molecule has 0 aliphatic heterocycles. The van der Waals surface area contributed by atoms with Crippen molar-refractivity contribution in [2.45, 2.75) is 0 Å². The molecule has 1 unspecified atom stereocenters. The molecule has 0 aromatic heterocycles. The van der Waals surface area contributed by atoms with E-state index in [4.69, 9.17) is 7.85 Å². The Bertz CT molecular complexity index is 267. The Morgan fingerprint density at radius 3 is 2.00 bits per heavy atom. The van der Waals surface area contributed by atoms with Crippen LogP contribution in [-0.2, 0) is 17.1 Å². The van der Waals surface area contributed by atoms with Gasteiger partial charge in [0.05, 0.1) is 0 Å². The third-order valence-corrected chi connectivity index (χ3v) is 1.97. The summed E-state index contributed by atoms with van der Waals surface area (Å²) >= 11 is 0. The van der Waals surface area contributed by atoms with Crippen LogP contribution in [0.2, 0.25) is 0 Å². The zero-order valence-electron chi connectivity index (χ0n) is 7.13. The van der Waals surface area contributed by atoms with Gasteiger partial charge in [-0.2, -0.15) is 35.0 Å². The summed E-state index contributed by atoms with van der Waals surface area (Å²) in [7, 11) is 7.97. The molecule has 2 aromatic carbocycles. The Hall–Kier alpha value is -0.286. The first-order valence-electron chi connectivity index (χ1n) is 3.74. The summed E-state index contributed by atoms with van der Waals surface area (Å²) < 4.78 is 0. The average molecular weight is 228 g/mol. The fourth-order valence-corrected chi connectivity index (χ4v) is 0.976. The number of hydrogen-bond acceptors (Lipinski definition) is 0. The molecule has 2 aromatic rings. The van der Waals surface area contributed by atoms with E-state index in [1.54, 1.807) is 0 Å². The van der Waals surface area contributed by atoms with Gasteiger partial charge in [0.15, 0.2) is 0 Å². The van der Waals surface area contributed by atoms with Gasteiger partial charge in [-0.25, -0.2) is 24.3 Å². The van der Waals surface area contributed by atoms with E-state index in [0.29, 0.717) is 0 Å². The molecule has 0 heterocycles. The molecule has 0 saturated heterocycles. The maximum absolute atomic E-state index is 5.42. The molecule has 1 atom stereocenters. The number of rotatable bonds is 0. The van der Waals surface area contributed by atoms with Crippen LogP contribution in [0.1, 0.15) is 0 Å². The van der Waals surface area contributed by atoms with Crippen LogP contribution in [-0.4, -0.2) is 7.85 Å². The third-order valence-electron chi connectivity index (χ3n) is 1.44. The first kappa shape index (κ1) is 12.7. The summed E-state index contributed by atoms with van der Waals surface area (Å²) in [5.74, 6) is 0. The Labute approximate surface area is 93.6 Å². The van der Waals surface area contributed by atoms with Gasteiger partial charge in [-0.3, -0.25) is 0 Å². The standard InChI is InChI=1S/C5H5BP.C5H5.Fe/c6-4-2-1-3-5(4)7;1-2-4-5-3-1;/h1-3H,7H2;1-5H;/q2*-1;+2. The fourth-order valence-electron chi connectivity index (χ4n) is 0.769. The summed E-state index contributed by atoms with van der Waals surface area (Å²) in [6, 6.07) is 15.8. The summed E-state index contributed by atoms with van der Waals surface area (Å²) in [5, 5.41) is 1.08. The molecule has 0 amide bonds. The summed E-state index contributed by atoms with van der Waals surface area (Å²) in [6.07, 6.45) is 0. The first-order chi connectivity index (χ1) is 5.80. The van der Waals surface area contributed by atoms with Gasteiger partial charge in [0, 0.05) is 7.85 Å². The van der Waals surface area contributed by atoms with Crippen LogP contribution < -0.4 is 10.8 Å². The normalized spacial score (nSPS) is 8.08. The van der Waals surface area contributed by atoms with E-state index in [1.807, 2.05) is 48.5 Å². The van der Waals surface area contributed by atoms with Crippen molar-refractivity contribution < 1.29 is 17.1 Å². The average Bonchev–Trinajstić information content (AvgIpc) is 2.67. The van der Waals surface area contributed by atoms with Gasteiger partial charge in [0.2, 0.25) is 0 Å². The van der Waals surface area contributed by atoms with E-state index in [-0.39, 0.29) is 17.1 Å². The van der Waals surface area contributed by atoms with E-state index in [9.17, 15) is 0 Å². The van der Waals surface area contributed by atoms with Gasteiger partial charge in [0.25, 0.3) is 0 Å². The minimum Gasteiger partial charge on any atom is -0.214 e. The largest absolute Gasteiger partial charge is 2.00 e. The third kappa shape index (κ3) is 5.11. The molecule has 0 bridgehead atoms. The van der Waals surface area contributed by atoms with Gasteiger partial charge in [-0.15, -0.1) is 9.24 Å². The Balaban J connectivity index is 0.000000215. The summed E-state index contributed by atoms with van der Waals surface area (Å²) in [4.78, 5) is 0. The predicted molar refractivity (Wildman–Crippen MR) is 58.8 cm³/mol. The molecular weight excluding hydrogens is 218 g/mol. The van der Waals surface area contributed by atoms with Crippen LogP contribution in [0, 0.1) is 0 Å². The van der Waals surface area contributed by atoms with Gasteiger partial charge >= 0.3 is 17.1 Å². The molecule has 0 spiro atoms. The zero-order chi connectivity index (χ0) is 8.81. The molecule has 2 rings (SSSR count). The SMILES string of the molecule is [B][c-]1cccc1P.[Fe+2].c1cc[cH-]c1. The van der Waals surface area contributed by atoms with E-state index in [1.165, 1.54) is 0 Å². The van der Waals surface area contributed by atoms with Crippen molar-refractivity contribution in [1.82, 2.24) is 0 Å². The molecule has 0 N–H and O–H groups in total. The maximum Gasteiger partial charge on any atom is 2.00 e. The van der Waals surface area contributed by atoms with E-state index in [2.05, 4.69) is 9.24 Å². The second-order valence-corrected chi connectivity index (χ2v) is 3.02. The van der Waals surface area contributed by atoms with Gasteiger partial charge in [0.1, 0.15) is 0 Å².